The number of hydrogen-bond donors (Lipinski definition) is 0. The molecule has 0 spiro atoms. The summed E-state index contributed by atoms with van der Waals surface area (Å²) < 4.78 is 155. The minimum absolute atomic E-state index is 0.0776. The van der Waals surface area contributed by atoms with Crippen LogP contribution in [0, 0.1) is 17.8 Å². The van der Waals surface area contributed by atoms with Crippen molar-refractivity contribution in [2.24, 2.45) is 17.8 Å². The molecule has 0 atom stereocenters. The standard InChI is InChI=1S/C26H22F11N/c27-22(28,18-3-1-17(2-4-18)21-10-14-7-15(11-21)9-16(8-14)12-21)25(34,35)26(36,37)23(29,30)20-6-5-19(13-38-20)24(31,32)33/h1-6,13-16H,7-12H2. The van der Waals surface area contributed by atoms with Gasteiger partial charge in [0.2, 0.25) is 0 Å². The van der Waals surface area contributed by atoms with Crippen LogP contribution < -0.4 is 0 Å². The predicted octanol–water partition coefficient (Wildman–Crippen LogP) is 8.72. The molecule has 0 aliphatic heterocycles. The SMILES string of the molecule is FC(F)(F)c1ccc(C(F)(F)C(F)(F)C(F)(F)C(F)(F)c2ccc(C34CC5CC(CC(C5)C3)C4)cc2)nc1. The van der Waals surface area contributed by atoms with Crippen molar-refractivity contribution < 1.29 is 48.3 Å². The summed E-state index contributed by atoms with van der Waals surface area (Å²) in [6.07, 6.45) is 0.345. The second kappa shape index (κ2) is 8.30. The van der Waals surface area contributed by atoms with Gasteiger partial charge < -0.3 is 0 Å². The summed E-state index contributed by atoms with van der Waals surface area (Å²) in [5.41, 5.74) is -5.08. The van der Waals surface area contributed by atoms with Crippen molar-refractivity contribution in [1.29, 1.82) is 0 Å². The van der Waals surface area contributed by atoms with E-state index in [2.05, 4.69) is 4.98 Å². The number of nitrogens with zero attached hydrogens (tertiary/aromatic N) is 1. The second-order valence-electron chi connectivity index (χ2n) is 11.0. The van der Waals surface area contributed by atoms with Gasteiger partial charge in [-0.3, -0.25) is 4.98 Å². The third kappa shape index (κ3) is 3.91. The van der Waals surface area contributed by atoms with E-state index < -0.39 is 46.7 Å². The predicted molar refractivity (Wildman–Crippen MR) is 113 cm³/mol. The lowest BCUT2D eigenvalue weighted by atomic mass is 9.48. The van der Waals surface area contributed by atoms with Gasteiger partial charge in [-0.2, -0.15) is 48.3 Å². The Balaban J connectivity index is 1.43. The quantitative estimate of drug-likeness (QED) is 0.324. The average molecular weight is 557 g/mol. The zero-order chi connectivity index (χ0) is 27.9. The van der Waals surface area contributed by atoms with Crippen LogP contribution in [0.25, 0.3) is 0 Å². The maximum absolute atomic E-state index is 14.9. The summed E-state index contributed by atoms with van der Waals surface area (Å²) in [5.74, 6) is -23.7. The monoisotopic (exact) mass is 557 g/mol. The van der Waals surface area contributed by atoms with Crippen molar-refractivity contribution in [2.45, 2.75) is 73.8 Å². The lowest BCUT2D eigenvalue weighted by molar-refractivity contribution is -0.375. The maximum atomic E-state index is 14.9. The number of rotatable bonds is 6. The highest BCUT2D eigenvalue weighted by Crippen LogP contribution is 2.62. The van der Waals surface area contributed by atoms with Crippen molar-refractivity contribution in [2.75, 3.05) is 0 Å². The molecule has 0 N–H and O–H groups in total. The summed E-state index contributed by atoms with van der Waals surface area (Å²) in [5, 5.41) is 0. The van der Waals surface area contributed by atoms with Crippen molar-refractivity contribution in [3.63, 3.8) is 0 Å². The largest absolute Gasteiger partial charge is 0.417 e. The van der Waals surface area contributed by atoms with Gasteiger partial charge in [0, 0.05) is 11.8 Å². The molecule has 0 unspecified atom stereocenters. The van der Waals surface area contributed by atoms with Crippen LogP contribution in [-0.2, 0) is 23.4 Å². The molecule has 0 amide bonds. The molecule has 4 saturated carbocycles. The number of hydrogen-bond acceptors (Lipinski definition) is 1. The van der Waals surface area contributed by atoms with Crippen LogP contribution in [0.15, 0.2) is 42.6 Å². The molecule has 4 aliphatic rings. The Hall–Kier alpha value is -2.40. The highest BCUT2D eigenvalue weighted by Gasteiger charge is 2.81. The minimum atomic E-state index is -6.71. The van der Waals surface area contributed by atoms with Crippen molar-refractivity contribution >= 4 is 0 Å². The Morgan fingerprint density at radius 3 is 1.45 bits per heavy atom. The van der Waals surface area contributed by atoms with Crippen LogP contribution in [0.1, 0.15) is 60.9 Å². The lowest BCUT2D eigenvalue weighted by Crippen LogP contribution is -2.60. The Bertz CT molecular complexity index is 1150. The summed E-state index contributed by atoms with van der Waals surface area (Å²) >= 11 is 0. The Morgan fingerprint density at radius 2 is 1.03 bits per heavy atom. The second-order valence-corrected chi connectivity index (χ2v) is 11.0. The smallest absolute Gasteiger partial charge is 0.254 e. The van der Waals surface area contributed by atoms with E-state index >= 15 is 0 Å². The highest BCUT2D eigenvalue weighted by atomic mass is 19.4. The van der Waals surface area contributed by atoms with Crippen LogP contribution in [0.2, 0.25) is 0 Å². The molecular formula is C26H22F11N. The molecule has 12 heteroatoms. The molecule has 208 valence electrons. The summed E-state index contributed by atoms with van der Waals surface area (Å²) in [6, 6.07) is 3.16. The van der Waals surface area contributed by atoms with Crippen LogP contribution in [0.5, 0.6) is 0 Å². The van der Waals surface area contributed by atoms with Crippen molar-refractivity contribution in [1.82, 2.24) is 4.98 Å². The first kappa shape index (κ1) is 27.2. The van der Waals surface area contributed by atoms with Gasteiger partial charge in [-0.25, -0.2) is 0 Å². The number of benzene rings is 1. The molecule has 1 aromatic carbocycles. The number of aromatic nitrogens is 1. The Kier molecular flexibility index (Phi) is 5.94. The molecule has 0 radical (unpaired) electrons. The van der Waals surface area contributed by atoms with Gasteiger partial charge in [-0.1, -0.05) is 24.3 Å². The minimum Gasteiger partial charge on any atom is -0.254 e. The molecule has 6 rings (SSSR count). The van der Waals surface area contributed by atoms with E-state index in [-0.39, 0.29) is 23.7 Å². The third-order valence-corrected chi connectivity index (χ3v) is 8.49. The van der Waals surface area contributed by atoms with Crippen molar-refractivity contribution in [3.8, 4) is 0 Å². The van der Waals surface area contributed by atoms with E-state index in [9.17, 15) is 48.3 Å². The van der Waals surface area contributed by atoms with E-state index in [1.54, 1.807) is 0 Å². The fourth-order valence-corrected chi connectivity index (χ4v) is 6.98. The van der Waals surface area contributed by atoms with E-state index in [0.29, 0.717) is 35.4 Å². The fourth-order valence-electron chi connectivity index (χ4n) is 6.98. The van der Waals surface area contributed by atoms with Gasteiger partial charge >= 0.3 is 29.9 Å². The molecule has 1 aromatic heterocycles. The van der Waals surface area contributed by atoms with Crippen molar-refractivity contribution in [3.05, 3.63) is 65.0 Å². The van der Waals surface area contributed by atoms with E-state index in [1.807, 2.05) is 0 Å². The summed E-state index contributed by atoms with van der Waals surface area (Å²) in [7, 11) is 0. The van der Waals surface area contributed by atoms with Gasteiger partial charge in [0.15, 0.2) is 0 Å². The van der Waals surface area contributed by atoms with Gasteiger partial charge in [-0.05, 0) is 79.4 Å². The Morgan fingerprint density at radius 1 is 0.579 bits per heavy atom. The molecule has 1 heterocycles. The highest BCUT2D eigenvalue weighted by molar-refractivity contribution is 5.35. The number of halogens is 11. The fraction of sp³-hybridized carbons (Fsp3) is 0.577. The first-order valence-electron chi connectivity index (χ1n) is 12.1. The van der Waals surface area contributed by atoms with Gasteiger partial charge in [0.1, 0.15) is 5.69 Å². The zero-order valence-corrected chi connectivity index (χ0v) is 19.6. The Labute approximate surface area is 210 Å². The topological polar surface area (TPSA) is 12.9 Å². The van der Waals surface area contributed by atoms with E-state index in [1.165, 1.54) is 12.1 Å². The van der Waals surface area contributed by atoms with Crippen LogP contribution in [0.4, 0.5) is 48.3 Å². The summed E-state index contributed by atoms with van der Waals surface area (Å²) in [6.45, 7) is 0. The average Bonchev–Trinajstić information content (AvgIpc) is 2.82. The molecule has 2 aromatic rings. The third-order valence-electron chi connectivity index (χ3n) is 8.49. The van der Waals surface area contributed by atoms with Gasteiger partial charge in [0.25, 0.3) is 0 Å². The molecular weight excluding hydrogens is 535 g/mol. The van der Waals surface area contributed by atoms with Crippen LogP contribution >= 0.6 is 0 Å². The van der Waals surface area contributed by atoms with Gasteiger partial charge in [-0.15, -0.1) is 0 Å². The van der Waals surface area contributed by atoms with Crippen LogP contribution in [0.3, 0.4) is 0 Å². The molecule has 4 bridgehead atoms. The first-order chi connectivity index (χ1) is 17.4. The van der Waals surface area contributed by atoms with Gasteiger partial charge in [0.05, 0.1) is 5.56 Å². The summed E-state index contributed by atoms with van der Waals surface area (Å²) in [4.78, 5) is 2.52. The first-order valence-corrected chi connectivity index (χ1v) is 12.1. The molecule has 0 saturated heterocycles. The maximum Gasteiger partial charge on any atom is 0.417 e. The lowest BCUT2D eigenvalue weighted by Gasteiger charge is -2.57. The number of alkyl halides is 11. The van der Waals surface area contributed by atoms with Crippen LogP contribution in [-0.4, -0.2) is 16.8 Å². The molecule has 1 nitrogen and oxygen atoms in total. The van der Waals surface area contributed by atoms with E-state index in [0.717, 1.165) is 38.5 Å². The molecule has 4 fully saturated rings. The normalized spacial score (nSPS) is 28.1. The number of pyridine rings is 1. The molecule has 38 heavy (non-hydrogen) atoms. The zero-order valence-electron chi connectivity index (χ0n) is 19.6. The van der Waals surface area contributed by atoms with E-state index in [4.69, 9.17) is 0 Å². The molecule has 4 aliphatic carbocycles.